The molecule has 8 nitrogen and oxygen atoms in total. The molecule has 3 aromatic rings. The van der Waals surface area contributed by atoms with Crippen molar-refractivity contribution in [3.63, 3.8) is 0 Å². The van der Waals surface area contributed by atoms with Crippen molar-refractivity contribution in [1.29, 1.82) is 0 Å². The Labute approximate surface area is 164 Å². The van der Waals surface area contributed by atoms with Crippen molar-refractivity contribution >= 4 is 40.3 Å². The molecular formula is C17H19Cl2N5O3. The van der Waals surface area contributed by atoms with Crippen LogP contribution in [0.5, 0.6) is 0 Å². The quantitative estimate of drug-likeness (QED) is 0.664. The minimum absolute atomic E-state index is 0.171. The number of aliphatic hydroxyl groups excluding tert-OH is 1. The number of halogens is 2. The fourth-order valence-electron chi connectivity index (χ4n) is 2.82. The van der Waals surface area contributed by atoms with Gasteiger partial charge in [-0.15, -0.1) is 0 Å². The number of anilines is 1. The second kappa shape index (κ2) is 7.38. The fraction of sp³-hybridized carbons (Fsp3) is 0.353. The number of aliphatic hydroxyl groups is 1. The van der Waals surface area contributed by atoms with Crippen molar-refractivity contribution in [2.45, 2.75) is 19.6 Å². The van der Waals surface area contributed by atoms with E-state index in [-0.39, 0.29) is 24.3 Å². The van der Waals surface area contributed by atoms with Gasteiger partial charge in [0.1, 0.15) is 0 Å². The summed E-state index contributed by atoms with van der Waals surface area (Å²) < 4.78 is 3.94. The lowest BCUT2D eigenvalue weighted by Crippen LogP contribution is -2.37. The minimum atomic E-state index is -0.631. The van der Waals surface area contributed by atoms with Gasteiger partial charge < -0.3 is 10.4 Å². The van der Waals surface area contributed by atoms with E-state index in [0.29, 0.717) is 21.6 Å². The number of nitrogens with zero attached hydrogens (tertiary/aromatic N) is 4. The maximum Gasteiger partial charge on any atom is 0.332 e. The molecule has 0 saturated carbocycles. The van der Waals surface area contributed by atoms with E-state index in [1.807, 2.05) is 0 Å². The number of nitrogens with one attached hydrogen (secondary N) is 1. The average Bonchev–Trinajstić information content (AvgIpc) is 2.98. The first kappa shape index (κ1) is 19.5. The Morgan fingerprint density at radius 3 is 2.41 bits per heavy atom. The molecule has 0 amide bonds. The Kier molecular flexibility index (Phi) is 5.32. The Bertz CT molecular complexity index is 1110. The van der Waals surface area contributed by atoms with Gasteiger partial charge in [-0.1, -0.05) is 29.3 Å². The van der Waals surface area contributed by atoms with Crippen LogP contribution in [0.3, 0.4) is 0 Å². The second-order valence-corrected chi connectivity index (χ2v) is 7.14. The van der Waals surface area contributed by atoms with Crippen LogP contribution in [0.2, 0.25) is 10.0 Å². The van der Waals surface area contributed by atoms with Crippen LogP contribution in [-0.4, -0.2) is 36.4 Å². The molecule has 144 valence electrons. The van der Waals surface area contributed by atoms with Crippen LogP contribution in [0, 0.1) is 0 Å². The van der Waals surface area contributed by atoms with Crippen LogP contribution in [-0.2, 0) is 20.6 Å². The van der Waals surface area contributed by atoms with Crippen molar-refractivity contribution in [1.82, 2.24) is 18.7 Å². The first-order chi connectivity index (χ1) is 12.7. The molecule has 0 aliphatic rings. The number of hydrogen-bond acceptors (Lipinski definition) is 5. The number of imidazole rings is 1. The molecule has 2 aromatic heterocycles. The summed E-state index contributed by atoms with van der Waals surface area (Å²) in [6.45, 7) is 2.01. The van der Waals surface area contributed by atoms with Crippen LogP contribution in [0.15, 0.2) is 27.8 Å². The van der Waals surface area contributed by atoms with E-state index in [0.717, 1.165) is 4.57 Å². The van der Waals surface area contributed by atoms with Gasteiger partial charge in [-0.25, -0.2) is 4.79 Å². The fourth-order valence-corrected chi connectivity index (χ4v) is 3.33. The van der Waals surface area contributed by atoms with Crippen molar-refractivity contribution in [2.75, 3.05) is 11.9 Å². The number of rotatable bonds is 5. The number of aryl methyl sites for hydroxylation is 1. The average molecular weight is 412 g/mol. The molecule has 10 heteroatoms. The molecule has 0 spiro atoms. The van der Waals surface area contributed by atoms with Crippen LogP contribution in [0.25, 0.3) is 11.2 Å². The zero-order chi connectivity index (χ0) is 19.9. The molecule has 0 unspecified atom stereocenters. The second-order valence-electron chi connectivity index (χ2n) is 6.33. The molecule has 2 heterocycles. The van der Waals surface area contributed by atoms with E-state index in [1.165, 1.54) is 11.6 Å². The summed E-state index contributed by atoms with van der Waals surface area (Å²) in [6, 6.07) is 5.15. The summed E-state index contributed by atoms with van der Waals surface area (Å²) in [6.07, 6.45) is -0.631. The third kappa shape index (κ3) is 3.47. The Hall–Kier alpha value is -2.29. The maximum absolute atomic E-state index is 12.8. The van der Waals surface area contributed by atoms with Crippen molar-refractivity contribution < 1.29 is 5.11 Å². The summed E-state index contributed by atoms with van der Waals surface area (Å²) in [5.74, 6) is 0.334. The maximum atomic E-state index is 12.8. The molecule has 0 bridgehead atoms. The van der Waals surface area contributed by atoms with E-state index in [4.69, 9.17) is 23.2 Å². The molecule has 1 atom stereocenters. The van der Waals surface area contributed by atoms with Gasteiger partial charge in [0.2, 0.25) is 5.95 Å². The standard InChI is InChI=1S/C17H19Cl2N5O3/c1-9(25)7-20-16-21-14-13(15(26)23(3)17(27)22(14)2)24(16)8-10-11(18)5-4-6-12(10)19/h4-6,9,25H,7-8H2,1-3H3,(H,20,21)/t9-/m1/s1. The van der Waals surface area contributed by atoms with Crippen LogP contribution in [0.4, 0.5) is 5.95 Å². The Morgan fingerprint density at radius 1 is 1.19 bits per heavy atom. The Morgan fingerprint density at radius 2 is 1.81 bits per heavy atom. The predicted octanol–water partition coefficient (Wildman–Crippen LogP) is 1.58. The number of benzene rings is 1. The third-order valence-electron chi connectivity index (χ3n) is 4.28. The summed E-state index contributed by atoms with van der Waals surface area (Å²) in [5, 5.41) is 13.5. The first-order valence-corrected chi connectivity index (χ1v) is 8.99. The highest BCUT2D eigenvalue weighted by Gasteiger charge is 2.20. The summed E-state index contributed by atoms with van der Waals surface area (Å²) in [5.41, 5.74) is 0.142. The summed E-state index contributed by atoms with van der Waals surface area (Å²) >= 11 is 12.6. The molecular weight excluding hydrogens is 393 g/mol. The van der Waals surface area contributed by atoms with E-state index in [1.54, 1.807) is 36.7 Å². The number of fused-ring (bicyclic) bond motifs is 1. The zero-order valence-corrected chi connectivity index (χ0v) is 16.5. The third-order valence-corrected chi connectivity index (χ3v) is 4.99. The van der Waals surface area contributed by atoms with Gasteiger partial charge in [0.05, 0.1) is 12.6 Å². The van der Waals surface area contributed by atoms with E-state index in [9.17, 15) is 14.7 Å². The van der Waals surface area contributed by atoms with Crippen molar-refractivity contribution in [2.24, 2.45) is 14.1 Å². The van der Waals surface area contributed by atoms with E-state index in [2.05, 4.69) is 10.3 Å². The SMILES string of the molecule is C[C@@H](O)CNc1nc2c(c(=O)n(C)c(=O)n2C)n1Cc1c(Cl)cccc1Cl. The topological polar surface area (TPSA) is 94.1 Å². The lowest BCUT2D eigenvalue weighted by molar-refractivity contribution is 0.208. The number of hydrogen-bond donors (Lipinski definition) is 2. The van der Waals surface area contributed by atoms with Crippen LogP contribution in [0.1, 0.15) is 12.5 Å². The highest BCUT2D eigenvalue weighted by atomic mass is 35.5. The van der Waals surface area contributed by atoms with Gasteiger partial charge in [0.25, 0.3) is 5.56 Å². The van der Waals surface area contributed by atoms with Gasteiger partial charge >= 0.3 is 5.69 Å². The summed E-state index contributed by atoms with van der Waals surface area (Å²) in [4.78, 5) is 29.4. The molecule has 27 heavy (non-hydrogen) atoms. The first-order valence-electron chi connectivity index (χ1n) is 8.23. The predicted molar refractivity (Wildman–Crippen MR) is 106 cm³/mol. The van der Waals surface area contributed by atoms with Gasteiger partial charge in [-0.2, -0.15) is 4.98 Å². The molecule has 2 N–H and O–H groups in total. The Balaban J connectivity index is 2.29. The van der Waals surface area contributed by atoms with Gasteiger partial charge in [0, 0.05) is 36.2 Å². The van der Waals surface area contributed by atoms with Crippen LogP contribution >= 0.6 is 23.2 Å². The lowest BCUT2D eigenvalue weighted by atomic mass is 10.2. The summed E-state index contributed by atoms with van der Waals surface area (Å²) in [7, 11) is 2.95. The minimum Gasteiger partial charge on any atom is -0.392 e. The van der Waals surface area contributed by atoms with Crippen molar-refractivity contribution in [3.8, 4) is 0 Å². The van der Waals surface area contributed by atoms with Crippen LogP contribution < -0.4 is 16.6 Å². The van der Waals surface area contributed by atoms with Crippen molar-refractivity contribution in [3.05, 3.63) is 54.6 Å². The van der Waals surface area contributed by atoms with E-state index >= 15 is 0 Å². The molecule has 0 radical (unpaired) electrons. The number of aromatic nitrogens is 4. The molecule has 0 saturated heterocycles. The zero-order valence-electron chi connectivity index (χ0n) is 15.0. The van der Waals surface area contributed by atoms with Gasteiger partial charge in [-0.3, -0.25) is 18.5 Å². The van der Waals surface area contributed by atoms with Gasteiger partial charge in [0.15, 0.2) is 11.2 Å². The molecule has 1 aromatic carbocycles. The monoisotopic (exact) mass is 411 g/mol. The highest BCUT2D eigenvalue weighted by Crippen LogP contribution is 2.27. The normalized spacial score (nSPS) is 12.5. The highest BCUT2D eigenvalue weighted by molar-refractivity contribution is 6.36. The molecule has 0 fully saturated rings. The largest absolute Gasteiger partial charge is 0.392 e. The van der Waals surface area contributed by atoms with Gasteiger partial charge in [-0.05, 0) is 19.1 Å². The molecule has 0 aliphatic carbocycles. The smallest absolute Gasteiger partial charge is 0.332 e. The lowest BCUT2D eigenvalue weighted by Gasteiger charge is -2.13. The van der Waals surface area contributed by atoms with E-state index < -0.39 is 17.4 Å². The molecule has 0 aliphatic heterocycles. The molecule has 3 rings (SSSR count).